The molecule has 1 saturated heterocycles. The maximum absolute atomic E-state index is 12.5. The predicted octanol–water partition coefficient (Wildman–Crippen LogP) is 2.15. The summed E-state index contributed by atoms with van der Waals surface area (Å²) in [5, 5.41) is 3.05. The number of rotatable bonds is 4. The molecule has 0 spiro atoms. The van der Waals surface area contributed by atoms with E-state index < -0.39 is 0 Å². The average molecular weight is 288 g/mol. The van der Waals surface area contributed by atoms with Gasteiger partial charge < -0.3 is 15.8 Å². The molecule has 1 aromatic rings. The minimum Gasteiger partial charge on any atom is -0.373 e. The van der Waals surface area contributed by atoms with Crippen molar-refractivity contribution in [2.75, 3.05) is 13.2 Å². The molecule has 0 bridgehead atoms. The second kappa shape index (κ2) is 6.16. The molecule has 3 rings (SSSR count). The Hall–Kier alpha value is -1.39. The average Bonchev–Trinajstić information content (AvgIpc) is 2.51. The first-order valence-electron chi connectivity index (χ1n) is 7.91. The third-order valence-corrected chi connectivity index (χ3v) is 4.75. The lowest BCUT2D eigenvalue weighted by molar-refractivity contribution is -0.135. The van der Waals surface area contributed by atoms with Gasteiger partial charge in [0.05, 0.1) is 12.0 Å². The molecule has 2 aliphatic rings. The number of hydrogen-bond donors (Lipinski definition) is 2. The largest absolute Gasteiger partial charge is 0.373 e. The summed E-state index contributed by atoms with van der Waals surface area (Å²) >= 11 is 0. The lowest BCUT2D eigenvalue weighted by Crippen LogP contribution is -2.56. The summed E-state index contributed by atoms with van der Waals surface area (Å²) < 4.78 is 5.88. The Labute approximate surface area is 126 Å². The first kappa shape index (κ1) is 14.5. The smallest absolute Gasteiger partial charge is 0.226 e. The molecule has 2 unspecified atom stereocenters. The van der Waals surface area contributed by atoms with E-state index in [1.807, 2.05) is 30.3 Å². The summed E-state index contributed by atoms with van der Waals surface area (Å²) in [4.78, 5) is 12.5. The summed E-state index contributed by atoms with van der Waals surface area (Å²) in [5.74, 6) is -0.0231. The molecule has 4 nitrogen and oxygen atoms in total. The molecule has 2 atom stereocenters. The fourth-order valence-corrected chi connectivity index (χ4v) is 3.22. The molecule has 1 heterocycles. The van der Waals surface area contributed by atoms with E-state index in [4.69, 9.17) is 10.5 Å². The maximum Gasteiger partial charge on any atom is 0.226 e. The first-order valence-corrected chi connectivity index (χ1v) is 7.91. The fourth-order valence-electron chi connectivity index (χ4n) is 3.22. The highest BCUT2D eigenvalue weighted by atomic mass is 16.5. The van der Waals surface area contributed by atoms with Crippen LogP contribution >= 0.6 is 0 Å². The van der Waals surface area contributed by atoms with Gasteiger partial charge in [0.1, 0.15) is 0 Å². The van der Waals surface area contributed by atoms with Crippen molar-refractivity contribution in [1.82, 2.24) is 5.32 Å². The number of nitrogens with one attached hydrogen (secondary N) is 1. The van der Waals surface area contributed by atoms with E-state index in [1.165, 1.54) is 6.42 Å². The molecule has 0 radical (unpaired) electrons. The summed E-state index contributed by atoms with van der Waals surface area (Å²) in [6.45, 7) is 1.31. The van der Waals surface area contributed by atoms with Crippen LogP contribution in [-0.4, -0.2) is 24.6 Å². The van der Waals surface area contributed by atoms with E-state index in [0.717, 1.165) is 37.9 Å². The van der Waals surface area contributed by atoms with Crippen molar-refractivity contribution in [3.63, 3.8) is 0 Å². The lowest BCUT2D eigenvalue weighted by Gasteiger charge is -2.39. The number of hydrogen-bond acceptors (Lipinski definition) is 3. The van der Waals surface area contributed by atoms with Gasteiger partial charge in [0, 0.05) is 18.7 Å². The zero-order chi connectivity index (χ0) is 14.7. The van der Waals surface area contributed by atoms with Gasteiger partial charge in [0.2, 0.25) is 5.91 Å². The highest BCUT2D eigenvalue weighted by Gasteiger charge is 2.36. The third kappa shape index (κ3) is 3.27. The van der Waals surface area contributed by atoms with Crippen LogP contribution in [0.2, 0.25) is 0 Å². The molecule has 21 heavy (non-hydrogen) atoms. The Bertz CT molecular complexity index is 485. The minimum absolute atomic E-state index is 0.0836. The van der Waals surface area contributed by atoms with Crippen molar-refractivity contribution in [1.29, 1.82) is 0 Å². The van der Waals surface area contributed by atoms with Crippen molar-refractivity contribution in [3.8, 4) is 0 Å². The normalized spacial score (nSPS) is 27.7. The highest BCUT2D eigenvalue weighted by molar-refractivity contribution is 5.79. The van der Waals surface area contributed by atoms with Crippen molar-refractivity contribution < 1.29 is 9.53 Å². The molecule has 1 aliphatic carbocycles. The predicted molar refractivity (Wildman–Crippen MR) is 81.6 cm³/mol. The van der Waals surface area contributed by atoms with Crippen LogP contribution in [0.3, 0.4) is 0 Å². The van der Waals surface area contributed by atoms with Crippen molar-refractivity contribution in [2.24, 2.45) is 11.7 Å². The summed E-state index contributed by atoms with van der Waals surface area (Å²) in [7, 11) is 0. The number of carbonyl (C=O) groups is 1. The van der Waals surface area contributed by atoms with Crippen molar-refractivity contribution in [2.45, 2.75) is 43.7 Å². The topological polar surface area (TPSA) is 64.3 Å². The van der Waals surface area contributed by atoms with Gasteiger partial charge in [-0.3, -0.25) is 4.79 Å². The number of ether oxygens (including phenoxy) is 1. The van der Waals surface area contributed by atoms with E-state index >= 15 is 0 Å². The van der Waals surface area contributed by atoms with Crippen LogP contribution in [0.4, 0.5) is 0 Å². The molecule has 0 aromatic heterocycles. The van der Waals surface area contributed by atoms with E-state index in [-0.39, 0.29) is 23.5 Å². The van der Waals surface area contributed by atoms with E-state index in [2.05, 4.69) is 5.32 Å². The standard InChI is InChI=1S/C17H24N2O2/c18-17(9-5-10-17)12-19-16(20)14-8-4-11-21-15(14)13-6-2-1-3-7-13/h1-3,6-7,14-15H,4-5,8-12,18H2,(H,19,20). The molecule has 1 aliphatic heterocycles. The number of carbonyl (C=O) groups excluding carboxylic acids is 1. The zero-order valence-corrected chi connectivity index (χ0v) is 12.4. The van der Waals surface area contributed by atoms with Crippen LogP contribution in [-0.2, 0) is 9.53 Å². The Balaban J connectivity index is 1.64. The van der Waals surface area contributed by atoms with Crippen molar-refractivity contribution >= 4 is 5.91 Å². The van der Waals surface area contributed by atoms with Crippen LogP contribution in [0.5, 0.6) is 0 Å². The first-order chi connectivity index (χ1) is 10.2. The van der Waals surface area contributed by atoms with Gasteiger partial charge in [0.25, 0.3) is 0 Å². The number of benzene rings is 1. The minimum atomic E-state index is -0.173. The molecular formula is C17H24N2O2. The second-order valence-electron chi connectivity index (χ2n) is 6.38. The quantitative estimate of drug-likeness (QED) is 0.892. The van der Waals surface area contributed by atoms with E-state index in [1.54, 1.807) is 0 Å². The molecule has 1 amide bonds. The summed E-state index contributed by atoms with van der Waals surface area (Å²) in [6, 6.07) is 10.0. The monoisotopic (exact) mass is 288 g/mol. The summed E-state index contributed by atoms with van der Waals surface area (Å²) in [6.07, 6.45) is 4.88. The van der Waals surface area contributed by atoms with Gasteiger partial charge >= 0.3 is 0 Å². The number of amides is 1. The summed E-state index contributed by atoms with van der Waals surface area (Å²) in [5.41, 5.74) is 7.09. The Morgan fingerprint density at radius 3 is 2.71 bits per heavy atom. The van der Waals surface area contributed by atoms with Crippen molar-refractivity contribution in [3.05, 3.63) is 35.9 Å². The number of nitrogens with two attached hydrogens (primary N) is 1. The van der Waals surface area contributed by atoms with Gasteiger partial charge in [-0.1, -0.05) is 30.3 Å². The molecule has 2 fully saturated rings. The molecule has 1 aromatic carbocycles. The van der Waals surface area contributed by atoms with Gasteiger partial charge in [-0.25, -0.2) is 0 Å². The maximum atomic E-state index is 12.5. The molecule has 114 valence electrons. The SMILES string of the molecule is NC1(CNC(=O)C2CCCOC2c2ccccc2)CCC1. The van der Waals surface area contributed by atoms with Gasteiger partial charge in [-0.15, -0.1) is 0 Å². The fraction of sp³-hybridized carbons (Fsp3) is 0.588. The van der Waals surface area contributed by atoms with Crippen LogP contribution in [0.25, 0.3) is 0 Å². The van der Waals surface area contributed by atoms with Gasteiger partial charge in [-0.2, -0.15) is 0 Å². The van der Waals surface area contributed by atoms with Crippen LogP contribution < -0.4 is 11.1 Å². The van der Waals surface area contributed by atoms with Gasteiger partial charge in [-0.05, 0) is 37.7 Å². The molecule has 4 heteroatoms. The molecular weight excluding hydrogens is 264 g/mol. The second-order valence-corrected chi connectivity index (χ2v) is 6.38. The Morgan fingerprint density at radius 1 is 1.29 bits per heavy atom. The third-order valence-electron chi connectivity index (χ3n) is 4.75. The molecule has 1 saturated carbocycles. The van der Waals surface area contributed by atoms with Crippen LogP contribution in [0.1, 0.15) is 43.8 Å². The van der Waals surface area contributed by atoms with Crippen LogP contribution in [0.15, 0.2) is 30.3 Å². The Kier molecular flexibility index (Phi) is 4.27. The van der Waals surface area contributed by atoms with E-state index in [9.17, 15) is 4.79 Å². The lowest BCUT2D eigenvalue weighted by atomic mass is 9.77. The van der Waals surface area contributed by atoms with E-state index in [0.29, 0.717) is 6.54 Å². The highest BCUT2D eigenvalue weighted by Crippen LogP contribution is 2.34. The van der Waals surface area contributed by atoms with Crippen LogP contribution in [0, 0.1) is 5.92 Å². The van der Waals surface area contributed by atoms with Gasteiger partial charge in [0.15, 0.2) is 0 Å². The molecule has 3 N–H and O–H groups in total. The Morgan fingerprint density at radius 2 is 2.05 bits per heavy atom. The zero-order valence-electron chi connectivity index (χ0n) is 12.4.